The Labute approximate surface area is 190 Å². The van der Waals surface area contributed by atoms with E-state index < -0.39 is 17.9 Å². The Hall–Kier alpha value is -3.17. The van der Waals surface area contributed by atoms with Crippen LogP contribution >= 0.6 is 0 Å². The van der Waals surface area contributed by atoms with Gasteiger partial charge in [-0.3, -0.25) is 14.6 Å². The molecule has 1 atom stereocenters. The zero-order valence-corrected chi connectivity index (χ0v) is 18.4. The lowest BCUT2D eigenvalue weighted by Crippen LogP contribution is -2.48. The van der Waals surface area contributed by atoms with Crippen LogP contribution in [-0.4, -0.2) is 48.3 Å². The number of aromatic nitrogens is 2. The van der Waals surface area contributed by atoms with Gasteiger partial charge in [-0.05, 0) is 31.9 Å². The molecular weight excluding hydrogens is 428 g/mol. The number of morpholine rings is 1. The average molecular weight is 453 g/mol. The Balaban J connectivity index is 1.80. The number of fused-ring (bicyclic) bond motifs is 1. The number of nitrogens with zero attached hydrogens (tertiary/aromatic N) is 4. The highest BCUT2D eigenvalue weighted by molar-refractivity contribution is 6.02. The van der Waals surface area contributed by atoms with E-state index in [0.717, 1.165) is 18.9 Å². The minimum Gasteiger partial charge on any atom is -0.355 e. The molecule has 5 rings (SSSR count). The molecule has 1 N–H and O–H groups in total. The summed E-state index contributed by atoms with van der Waals surface area (Å²) in [4.78, 5) is 25.3. The van der Waals surface area contributed by atoms with Crippen molar-refractivity contribution in [3.63, 3.8) is 0 Å². The fraction of sp³-hybridized carbons (Fsp3) is 0.375. The molecule has 172 valence electrons. The van der Waals surface area contributed by atoms with E-state index >= 15 is 4.39 Å². The number of amides is 1. The van der Waals surface area contributed by atoms with Crippen LogP contribution in [0.15, 0.2) is 36.5 Å². The zero-order chi connectivity index (χ0) is 22.9. The van der Waals surface area contributed by atoms with Crippen molar-refractivity contribution in [1.82, 2.24) is 15.3 Å². The quantitative estimate of drug-likeness (QED) is 0.648. The lowest BCUT2D eigenvalue weighted by molar-refractivity contribution is -0.119. The molecule has 0 radical (unpaired) electrons. The van der Waals surface area contributed by atoms with Gasteiger partial charge in [-0.2, -0.15) is 0 Å². The van der Waals surface area contributed by atoms with Crippen molar-refractivity contribution in [2.45, 2.75) is 32.4 Å². The van der Waals surface area contributed by atoms with Crippen LogP contribution in [0.3, 0.4) is 0 Å². The lowest BCUT2D eigenvalue weighted by atomic mass is 10.0. The minimum absolute atomic E-state index is 0.0426. The second kappa shape index (κ2) is 8.99. The summed E-state index contributed by atoms with van der Waals surface area (Å²) < 4.78 is 35.6. The van der Waals surface area contributed by atoms with Crippen LogP contribution in [0.25, 0.3) is 10.9 Å². The van der Waals surface area contributed by atoms with Crippen LogP contribution in [0.4, 0.5) is 26.1 Å². The van der Waals surface area contributed by atoms with E-state index in [-0.39, 0.29) is 16.8 Å². The molecule has 1 amide bonds. The Morgan fingerprint density at radius 1 is 1.24 bits per heavy atom. The SMILES string of the molecule is Cc1c(N2CCCCC2=O)nc2cc(F)cc(F)c2c1N(c1ccccn1)C1CNCCO1. The van der Waals surface area contributed by atoms with Crippen molar-refractivity contribution >= 4 is 34.1 Å². The van der Waals surface area contributed by atoms with E-state index in [1.807, 2.05) is 24.0 Å². The van der Waals surface area contributed by atoms with Gasteiger partial charge in [-0.1, -0.05) is 6.07 Å². The smallest absolute Gasteiger partial charge is 0.228 e. The molecule has 9 heteroatoms. The van der Waals surface area contributed by atoms with Crippen molar-refractivity contribution < 1.29 is 18.3 Å². The van der Waals surface area contributed by atoms with E-state index in [2.05, 4.69) is 15.3 Å². The molecule has 0 saturated carbocycles. The van der Waals surface area contributed by atoms with Crippen LogP contribution in [0, 0.1) is 18.6 Å². The van der Waals surface area contributed by atoms with Crippen LogP contribution in [0.1, 0.15) is 24.8 Å². The highest BCUT2D eigenvalue weighted by Crippen LogP contribution is 2.41. The van der Waals surface area contributed by atoms with Gasteiger partial charge in [0.2, 0.25) is 5.91 Å². The minimum atomic E-state index is -0.725. The normalized spacial score (nSPS) is 19.2. The van der Waals surface area contributed by atoms with Gasteiger partial charge in [0, 0.05) is 49.9 Å². The van der Waals surface area contributed by atoms with Crippen LogP contribution in [0.2, 0.25) is 0 Å². The van der Waals surface area contributed by atoms with Gasteiger partial charge < -0.3 is 10.1 Å². The first-order valence-electron chi connectivity index (χ1n) is 11.2. The third kappa shape index (κ3) is 4.02. The summed E-state index contributed by atoms with van der Waals surface area (Å²) in [5, 5.41) is 3.47. The number of hydrogen-bond acceptors (Lipinski definition) is 6. The molecule has 3 aromatic rings. The molecule has 4 heterocycles. The highest BCUT2D eigenvalue weighted by Gasteiger charge is 2.32. The Morgan fingerprint density at radius 3 is 2.85 bits per heavy atom. The van der Waals surface area contributed by atoms with Gasteiger partial charge in [-0.15, -0.1) is 0 Å². The average Bonchev–Trinajstić information content (AvgIpc) is 2.82. The fourth-order valence-electron chi connectivity index (χ4n) is 4.59. The third-order valence-corrected chi connectivity index (χ3v) is 6.10. The molecule has 2 saturated heterocycles. The number of benzene rings is 1. The molecule has 0 spiro atoms. The molecule has 2 aliphatic heterocycles. The van der Waals surface area contributed by atoms with Gasteiger partial charge in [0.05, 0.1) is 23.2 Å². The number of carbonyl (C=O) groups excluding carboxylic acids is 1. The van der Waals surface area contributed by atoms with E-state index in [1.165, 1.54) is 6.07 Å². The number of rotatable bonds is 4. The van der Waals surface area contributed by atoms with Crippen LogP contribution in [0.5, 0.6) is 0 Å². The highest BCUT2D eigenvalue weighted by atomic mass is 19.1. The van der Waals surface area contributed by atoms with Crippen LogP contribution < -0.4 is 15.1 Å². The maximum atomic E-state index is 15.3. The zero-order valence-electron chi connectivity index (χ0n) is 18.4. The molecule has 2 aromatic heterocycles. The maximum absolute atomic E-state index is 15.3. The Morgan fingerprint density at radius 2 is 2.12 bits per heavy atom. The van der Waals surface area contributed by atoms with Crippen molar-refractivity contribution in [3.05, 3.63) is 53.7 Å². The van der Waals surface area contributed by atoms with E-state index in [1.54, 1.807) is 17.2 Å². The molecule has 2 fully saturated rings. The summed E-state index contributed by atoms with van der Waals surface area (Å²) in [6.45, 7) is 4.00. The number of anilines is 3. The molecule has 1 unspecified atom stereocenters. The van der Waals surface area contributed by atoms with Crippen molar-refractivity contribution in [3.8, 4) is 0 Å². The number of hydrogen-bond donors (Lipinski definition) is 1. The topological polar surface area (TPSA) is 70.6 Å². The first kappa shape index (κ1) is 21.7. The van der Waals surface area contributed by atoms with E-state index in [0.29, 0.717) is 55.5 Å². The van der Waals surface area contributed by atoms with Crippen molar-refractivity contribution in [2.24, 2.45) is 0 Å². The largest absolute Gasteiger partial charge is 0.355 e. The molecule has 1 aromatic carbocycles. The summed E-state index contributed by atoms with van der Waals surface area (Å²) >= 11 is 0. The first-order valence-corrected chi connectivity index (χ1v) is 11.2. The van der Waals surface area contributed by atoms with E-state index in [4.69, 9.17) is 4.74 Å². The predicted octanol–water partition coefficient (Wildman–Crippen LogP) is 3.82. The number of pyridine rings is 2. The summed E-state index contributed by atoms with van der Waals surface area (Å²) in [5.41, 5.74) is 1.23. The lowest BCUT2D eigenvalue weighted by Gasteiger charge is -2.38. The molecule has 2 aliphatic rings. The molecule has 7 nitrogen and oxygen atoms in total. The second-order valence-electron chi connectivity index (χ2n) is 8.28. The van der Waals surface area contributed by atoms with Gasteiger partial charge >= 0.3 is 0 Å². The van der Waals surface area contributed by atoms with Crippen molar-refractivity contribution in [1.29, 1.82) is 0 Å². The Kier molecular flexibility index (Phi) is 5.90. The van der Waals surface area contributed by atoms with Crippen molar-refractivity contribution in [2.75, 3.05) is 36.0 Å². The summed E-state index contributed by atoms with van der Waals surface area (Å²) in [5.74, 6) is -0.521. The number of ether oxygens (including phenoxy) is 1. The summed E-state index contributed by atoms with van der Waals surface area (Å²) in [6, 6.07) is 7.52. The van der Waals surface area contributed by atoms with Gasteiger partial charge in [-0.25, -0.2) is 18.7 Å². The van der Waals surface area contributed by atoms with Gasteiger partial charge in [0.15, 0.2) is 0 Å². The number of carbonyl (C=O) groups is 1. The predicted molar refractivity (Wildman–Crippen MR) is 122 cm³/mol. The number of nitrogens with one attached hydrogen (secondary N) is 1. The van der Waals surface area contributed by atoms with Gasteiger partial charge in [0.1, 0.15) is 29.5 Å². The summed E-state index contributed by atoms with van der Waals surface area (Å²) in [6.07, 6.45) is 3.26. The first-order chi connectivity index (χ1) is 16.0. The van der Waals surface area contributed by atoms with E-state index in [9.17, 15) is 9.18 Å². The Bertz CT molecular complexity index is 1180. The monoisotopic (exact) mass is 453 g/mol. The maximum Gasteiger partial charge on any atom is 0.228 e. The number of piperidine rings is 1. The molecule has 33 heavy (non-hydrogen) atoms. The van der Waals surface area contributed by atoms with Crippen LogP contribution in [-0.2, 0) is 9.53 Å². The third-order valence-electron chi connectivity index (χ3n) is 6.10. The second-order valence-corrected chi connectivity index (χ2v) is 8.28. The fourth-order valence-corrected chi connectivity index (χ4v) is 4.59. The number of halogens is 2. The molecular formula is C24H25F2N5O2. The standard InChI is InChI=1S/C24H25F2N5O2/c1-15-23(31(19-6-2-4-8-28-19)21-14-27-9-11-33-21)22-17(26)12-16(25)13-18(22)29-24(15)30-10-5-3-7-20(30)32/h2,4,6,8,12-13,21,27H,3,5,7,9-11,14H2,1H3. The van der Waals surface area contributed by atoms with Gasteiger partial charge in [0.25, 0.3) is 0 Å². The summed E-state index contributed by atoms with van der Waals surface area (Å²) in [7, 11) is 0. The molecule has 0 bridgehead atoms. The molecule has 0 aliphatic carbocycles.